The fraction of sp³-hybridized carbons (Fsp3) is 0.611. The third-order valence-electron chi connectivity index (χ3n) is 4.36. The Hall–Kier alpha value is -1.76. The number of aromatic nitrogens is 3. The molecule has 2 aromatic heterocycles. The second-order valence-corrected chi connectivity index (χ2v) is 8.35. The van der Waals surface area contributed by atoms with Gasteiger partial charge in [0.1, 0.15) is 0 Å². The Bertz CT molecular complexity index is 690. The van der Waals surface area contributed by atoms with Crippen LogP contribution in [0.5, 0.6) is 0 Å². The topological polar surface area (TPSA) is 73.0 Å². The van der Waals surface area contributed by atoms with E-state index >= 15 is 0 Å². The number of hydrogen-bond donors (Lipinski definition) is 1. The molecule has 2 aromatic rings. The summed E-state index contributed by atoms with van der Waals surface area (Å²) < 4.78 is 7.53. The maximum Gasteiger partial charge on any atom is 0.233 e. The van der Waals surface area contributed by atoms with Gasteiger partial charge in [-0.1, -0.05) is 38.5 Å². The number of rotatable bonds is 7. The molecule has 1 atom stereocenters. The van der Waals surface area contributed by atoms with Crippen LogP contribution in [0.4, 0.5) is 0 Å². The van der Waals surface area contributed by atoms with Crippen LogP contribution in [0.3, 0.4) is 0 Å². The van der Waals surface area contributed by atoms with Crippen molar-refractivity contribution in [3.05, 3.63) is 18.4 Å². The summed E-state index contributed by atoms with van der Waals surface area (Å²) in [6.45, 7) is 7.01. The molecular formula is C18H26N4O2S. The van der Waals surface area contributed by atoms with Crippen LogP contribution in [-0.2, 0) is 11.3 Å². The lowest BCUT2D eigenvalue weighted by molar-refractivity contribution is -0.120. The molecule has 3 rings (SSSR count). The van der Waals surface area contributed by atoms with Gasteiger partial charge in [0.15, 0.2) is 16.7 Å². The molecule has 25 heavy (non-hydrogen) atoms. The standard InChI is InChI=1S/C18H26N4O2S/c1-12(2)11-22-16(15-9-6-10-24-15)20-21-18(22)25-13(3)17(23)19-14-7-4-5-8-14/h6,9-10,12-14H,4-5,7-8,11H2,1-3H3,(H,19,23). The molecule has 1 fully saturated rings. The minimum atomic E-state index is -0.208. The SMILES string of the molecule is CC(C)Cn1c(SC(C)C(=O)NC2CCCC2)nnc1-c1ccco1. The molecule has 0 radical (unpaired) electrons. The first-order valence-electron chi connectivity index (χ1n) is 8.98. The molecule has 6 nitrogen and oxygen atoms in total. The van der Waals surface area contributed by atoms with Crippen molar-refractivity contribution in [3.63, 3.8) is 0 Å². The fourth-order valence-corrected chi connectivity index (χ4v) is 3.96. The number of thioether (sulfide) groups is 1. The summed E-state index contributed by atoms with van der Waals surface area (Å²) in [7, 11) is 0. The highest BCUT2D eigenvalue weighted by atomic mass is 32.2. The predicted molar refractivity (Wildman–Crippen MR) is 98.3 cm³/mol. The first-order valence-corrected chi connectivity index (χ1v) is 9.86. The summed E-state index contributed by atoms with van der Waals surface area (Å²) in [6.07, 6.45) is 6.24. The van der Waals surface area contributed by atoms with Gasteiger partial charge in [0.05, 0.1) is 11.5 Å². The third kappa shape index (κ3) is 4.45. The highest BCUT2D eigenvalue weighted by Crippen LogP contribution is 2.28. The molecule has 136 valence electrons. The Labute approximate surface area is 152 Å². The zero-order chi connectivity index (χ0) is 17.8. The van der Waals surface area contributed by atoms with Gasteiger partial charge >= 0.3 is 0 Å². The number of nitrogens with one attached hydrogen (secondary N) is 1. The van der Waals surface area contributed by atoms with Crippen molar-refractivity contribution in [1.29, 1.82) is 0 Å². The first-order chi connectivity index (χ1) is 12.0. The van der Waals surface area contributed by atoms with E-state index in [-0.39, 0.29) is 11.2 Å². The molecule has 0 saturated heterocycles. The van der Waals surface area contributed by atoms with E-state index in [2.05, 4.69) is 29.4 Å². The summed E-state index contributed by atoms with van der Waals surface area (Å²) in [5, 5.41) is 12.3. The van der Waals surface area contributed by atoms with E-state index in [1.165, 1.54) is 24.6 Å². The largest absolute Gasteiger partial charge is 0.461 e. The Morgan fingerprint density at radius 1 is 1.36 bits per heavy atom. The van der Waals surface area contributed by atoms with Crippen molar-refractivity contribution in [2.24, 2.45) is 5.92 Å². The molecule has 1 unspecified atom stereocenters. The van der Waals surface area contributed by atoms with Crippen LogP contribution in [-0.4, -0.2) is 32.0 Å². The Kier molecular flexibility index (Phi) is 5.83. The maximum atomic E-state index is 12.5. The highest BCUT2D eigenvalue weighted by molar-refractivity contribution is 8.00. The molecule has 0 bridgehead atoms. The van der Waals surface area contributed by atoms with Crippen LogP contribution in [0.1, 0.15) is 46.5 Å². The molecule has 1 aliphatic carbocycles. The van der Waals surface area contributed by atoms with Gasteiger partial charge in [-0.05, 0) is 37.8 Å². The van der Waals surface area contributed by atoms with Gasteiger partial charge in [0.2, 0.25) is 5.91 Å². The molecule has 1 N–H and O–H groups in total. The van der Waals surface area contributed by atoms with Crippen LogP contribution in [0.2, 0.25) is 0 Å². The molecular weight excluding hydrogens is 336 g/mol. The van der Waals surface area contributed by atoms with E-state index in [1.54, 1.807) is 6.26 Å². The molecule has 0 spiro atoms. The van der Waals surface area contributed by atoms with Crippen LogP contribution in [0.25, 0.3) is 11.6 Å². The van der Waals surface area contributed by atoms with Crippen molar-refractivity contribution >= 4 is 17.7 Å². The fourth-order valence-electron chi connectivity index (χ4n) is 3.09. The maximum absolute atomic E-state index is 12.5. The minimum absolute atomic E-state index is 0.0792. The zero-order valence-corrected chi connectivity index (χ0v) is 15.9. The van der Waals surface area contributed by atoms with E-state index in [9.17, 15) is 4.79 Å². The quantitative estimate of drug-likeness (QED) is 0.760. The monoisotopic (exact) mass is 362 g/mol. The molecule has 0 aliphatic heterocycles. The molecule has 2 heterocycles. The lowest BCUT2D eigenvalue weighted by Gasteiger charge is -2.17. The van der Waals surface area contributed by atoms with Crippen molar-refractivity contribution in [2.45, 2.75) is 69.4 Å². The average molecular weight is 362 g/mol. The van der Waals surface area contributed by atoms with Gasteiger partial charge in [-0.2, -0.15) is 0 Å². The van der Waals surface area contributed by atoms with Crippen molar-refractivity contribution in [1.82, 2.24) is 20.1 Å². The normalized spacial score (nSPS) is 16.5. The van der Waals surface area contributed by atoms with Gasteiger partial charge in [-0.3, -0.25) is 9.36 Å². The number of furan rings is 1. The van der Waals surface area contributed by atoms with Gasteiger partial charge in [0, 0.05) is 12.6 Å². The van der Waals surface area contributed by atoms with E-state index in [1.807, 2.05) is 23.6 Å². The summed E-state index contributed by atoms with van der Waals surface area (Å²) in [4.78, 5) is 12.5. The summed E-state index contributed by atoms with van der Waals surface area (Å²) >= 11 is 1.46. The number of carbonyl (C=O) groups excluding carboxylic acids is 1. The Balaban J connectivity index is 1.73. The van der Waals surface area contributed by atoms with E-state index in [4.69, 9.17) is 4.42 Å². The van der Waals surface area contributed by atoms with Crippen LogP contribution < -0.4 is 5.32 Å². The lowest BCUT2D eigenvalue weighted by atomic mass is 10.2. The minimum Gasteiger partial charge on any atom is -0.461 e. The van der Waals surface area contributed by atoms with E-state index < -0.39 is 0 Å². The van der Waals surface area contributed by atoms with Gasteiger partial charge in [-0.25, -0.2) is 0 Å². The van der Waals surface area contributed by atoms with Crippen molar-refractivity contribution in [3.8, 4) is 11.6 Å². The Morgan fingerprint density at radius 2 is 2.12 bits per heavy atom. The third-order valence-corrected chi connectivity index (χ3v) is 5.44. The predicted octanol–water partition coefficient (Wildman–Crippen LogP) is 3.73. The summed E-state index contributed by atoms with van der Waals surface area (Å²) in [5.41, 5.74) is 0. The molecule has 1 amide bonds. The van der Waals surface area contributed by atoms with Crippen LogP contribution in [0.15, 0.2) is 28.0 Å². The highest BCUT2D eigenvalue weighted by Gasteiger charge is 2.24. The summed E-state index contributed by atoms with van der Waals surface area (Å²) in [6, 6.07) is 4.06. The second-order valence-electron chi connectivity index (χ2n) is 7.04. The van der Waals surface area contributed by atoms with Gasteiger partial charge in [0.25, 0.3) is 0 Å². The molecule has 0 aromatic carbocycles. The number of carbonyl (C=O) groups is 1. The zero-order valence-electron chi connectivity index (χ0n) is 15.1. The van der Waals surface area contributed by atoms with Crippen LogP contribution >= 0.6 is 11.8 Å². The van der Waals surface area contributed by atoms with Gasteiger partial charge in [-0.15, -0.1) is 10.2 Å². The van der Waals surface area contributed by atoms with Gasteiger partial charge < -0.3 is 9.73 Å². The molecule has 1 saturated carbocycles. The number of hydrogen-bond acceptors (Lipinski definition) is 5. The smallest absolute Gasteiger partial charge is 0.233 e. The molecule has 7 heteroatoms. The van der Waals surface area contributed by atoms with E-state index in [0.717, 1.165) is 24.5 Å². The van der Waals surface area contributed by atoms with Crippen molar-refractivity contribution in [2.75, 3.05) is 0 Å². The van der Waals surface area contributed by atoms with Crippen molar-refractivity contribution < 1.29 is 9.21 Å². The number of amides is 1. The molecule has 1 aliphatic rings. The average Bonchev–Trinajstić information content (AvgIpc) is 3.29. The lowest BCUT2D eigenvalue weighted by Crippen LogP contribution is -2.37. The number of nitrogens with zero attached hydrogens (tertiary/aromatic N) is 3. The first kappa shape index (κ1) is 18.0. The second kappa shape index (κ2) is 8.08. The van der Waals surface area contributed by atoms with Crippen LogP contribution in [0, 0.1) is 5.92 Å². The Morgan fingerprint density at radius 3 is 2.76 bits per heavy atom. The summed E-state index contributed by atoms with van der Waals surface area (Å²) in [5.74, 6) is 1.93. The van der Waals surface area contributed by atoms with E-state index in [0.29, 0.717) is 23.5 Å².